The van der Waals surface area contributed by atoms with Crippen LogP contribution in [0.25, 0.3) is 0 Å². The maximum Gasteiger partial charge on any atom is 0.347 e. The monoisotopic (exact) mass is 1910 g/mol. The van der Waals surface area contributed by atoms with E-state index in [-0.39, 0.29) is 72.7 Å². The van der Waals surface area contributed by atoms with Crippen LogP contribution in [0.15, 0.2) is 99.2 Å². The fraction of sp³-hybridized carbons (Fsp3) is 0.535. The van der Waals surface area contributed by atoms with Gasteiger partial charge >= 0.3 is 143 Å². The highest BCUT2D eigenvalue weighted by Gasteiger charge is 2.48. The van der Waals surface area contributed by atoms with Crippen molar-refractivity contribution in [2.24, 2.45) is 33.5 Å². The maximum absolute atomic E-state index is 11.4. The molecule has 10 unspecified atom stereocenters. The minimum atomic E-state index is -0.943. The number of carbonyl (C=O) groups excluding carboxylic acids is 24. The topological polar surface area (TPSA) is 631 Å². The summed E-state index contributed by atoms with van der Waals surface area (Å²) in [7, 11) is 0. The van der Waals surface area contributed by atoms with Gasteiger partial charge in [0.25, 0.3) is 12.6 Å². The Bertz CT molecular complexity index is 4460. The third-order valence-corrected chi connectivity index (χ3v) is 16.7. The zero-order valence-electron chi connectivity index (χ0n) is 76.1. The van der Waals surface area contributed by atoms with Crippen molar-refractivity contribution in [3.05, 3.63) is 99.2 Å². The third kappa shape index (κ3) is 47.2. The molecule has 8 fully saturated rings. The Morgan fingerprint density at radius 3 is 0.709 bits per heavy atom. The van der Waals surface area contributed by atoms with Crippen molar-refractivity contribution in [1.29, 1.82) is 0 Å². The second-order valence-corrected chi connectivity index (χ2v) is 31.3. The van der Waals surface area contributed by atoms with Crippen molar-refractivity contribution in [1.82, 2.24) is 0 Å². The van der Waals surface area contributed by atoms with E-state index in [1.54, 1.807) is 69.2 Å². The van der Waals surface area contributed by atoms with Crippen LogP contribution >= 0.6 is 0 Å². The van der Waals surface area contributed by atoms with Crippen LogP contribution in [0.5, 0.6) is 0 Å². The van der Waals surface area contributed by atoms with Crippen LogP contribution in [0.3, 0.4) is 0 Å². The van der Waals surface area contributed by atoms with E-state index in [0.29, 0.717) is 25.7 Å². The molecule has 740 valence electrons. The molecule has 0 bridgehead atoms. The van der Waals surface area contributed by atoms with Crippen LogP contribution < -0.4 is 0 Å². The number of cyclic esters (lactones) is 8. The molecule has 8 aliphatic heterocycles. The predicted molar refractivity (Wildman–Crippen MR) is 435 cm³/mol. The molecule has 0 radical (unpaired) electrons. The van der Waals surface area contributed by atoms with Crippen LogP contribution in [0, 0.1) is 33.5 Å². The van der Waals surface area contributed by atoms with E-state index >= 15 is 0 Å². The largest absolute Gasteiger partial charge is 0.451 e. The van der Waals surface area contributed by atoms with E-state index in [2.05, 4.69) is 105 Å². The summed E-state index contributed by atoms with van der Waals surface area (Å²) in [5.41, 5.74) is -1.71. The van der Waals surface area contributed by atoms with Crippen molar-refractivity contribution in [2.75, 3.05) is 52.9 Å². The van der Waals surface area contributed by atoms with Gasteiger partial charge in [-0.3, -0.25) is 38.4 Å². The molecule has 10 atom stereocenters. The molecule has 8 aliphatic rings. The fourth-order valence-electron chi connectivity index (χ4n) is 9.50. The highest BCUT2D eigenvalue weighted by Crippen LogP contribution is 2.38. The lowest BCUT2D eigenvalue weighted by molar-refractivity contribution is -0.193. The van der Waals surface area contributed by atoms with Crippen molar-refractivity contribution in [3.63, 3.8) is 0 Å². The Balaban J connectivity index is 0.000000766. The molecule has 0 aromatic heterocycles. The summed E-state index contributed by atoms with van der Waals surface area (Å²) in [5.74, 6) is -15.5. The molecule has 8 saturated heterocycles. The molecule has 134 heavy (non-hydrogen) atoms. The molecule has 0 aromatic rings. The van der Waals surface area contributed by atoms with E-state index in [1.165, 1.54) is 27.7 Å². The number of esters is 24. The van der Waals surface area contributed by atoms with Gasteiger partial charge in [0.1, 0.15) is 0 Å². The highest BCUT2D eigenvalue weighted by atomic mass is 16.8. The molecule has 0 N–H and O–H groups in total. The van der Waals surface area contributed by atoms with Crippen molar-refractivity contribution < 1.29 is 229 Å². The van der Waals surface area contributed by atoms with E-state index in [1.807, 2.05) is 0 Å². The second kappa shape index (κ2) is 56.7. The lowest BCUT2D eigenvalue weighted by Gasteiger charge is -2.22. The minimum absolute atomic E-state index is 0.177. The van der Waals surface area contributed by atoms with E-state index in [9.17, 15) is 115 Å². The van der Waals surface area contributed by atoms with E-state index in [0.717, 1.165) is 24.3 Å². The first-order valence-corrected chi connectivity index (χ1v) is 39.8. The second-order valence-electron chi connectivity index (χ2n) is 31.3. The van der Waals surface area contributed by atoms with Crippen LogP contribution in [0.2, 0.25) is 0 Å². The predicted octanol–water partition coefficient (Wildman–Crippen LogP) is 3.97. The van der Waals surface area contributed by atoms with E-state index < -0.39 is 268 Å². The molecule has 0 amide bonds. The lowest BCUT2D eigenvalue weighted by atomic mass is 9.91. The van der Waals surface area contributed by atoms with Crippen molar-refractivity contribution in [2.45, 2.75) is 211 Å². The summed E-state index contributed by atoms with van der Waals surface area (Å²) >= 11 is 0. The molecular formula is C86H108O48. The van der Waals surface area contributed by atoms with Gasteiger partial charge in [0, 0.05) is 96.0 Å². The number of rotatable bonds is 32. The molecule has 0 spiro atoms. The third-order valence-electron chi connectivity index (χ3n) is 16.7. The Labute approximate surface area is 766 Å². The average molecular weight is 1910 g/mol. The van der Waals surface area contributed by atoms with Gasteiger partial charge in [0.2, 0.25) is 37.7 Å². The van der Waals surface area contributed by atoms with Gasteiger partial charge < -0.3 is 114 Å². The molecule has 0 aromatic carbocycles. The van der Waals surface area contributed by atoms with Crippen LogP contribution in [-0.2, 0) is 229 Å². The van der Waals surface area contributed by atoms with Gasteiger partial charge in [-0.25, -0.2) is 76.7 Å². The SMILES string of the molecule is C=C(C)C(=O)OCC(=O)OC1CC(C)(C)C(=O)O1.C=C(C)C(=O)OCC(=O)OC1CC(C)C(=O)O1.C=C(C)C(=O)OCC(=O)OC1CCC(=O)O1.C=C(C)C(=O)OCC(=O)OC1OC(=O)CC1(C)C.C=CC(=O)OCC(=O)OC1CC(C)(C)C(=O)O1.C=CC(=O)OCC(=O)OC1CC(C)C(=O)O1.C=CC(=O)OCC(=O)OC1CCC(=O)O1.C=CC(=O)OCC(=O)OC1OC(=O)CC1(C)C. The summed E-state index contributed by atoms with van der Waals surface area (Å²) < 4.78 is 113. The van der Waals surface area contributed by atoms with Crippen LogP contribution in [0.4, 0.5) is 0 Å². The normalized spacial score (nSPS) is 21.2. The minimum Gasteiger partial charge on any atom is -0.451 e. The molecule has 8 heterocycles. The molecular weight excluding hydrogens is 1800 g/mol. The highest BCUT2D eigenvalue weighted by molar-refractivity contribution is 5.92. The summed E-state index contributed by atoms with van der Waals surface area (Å²) in [6.45, 7) is 44.9. The van der Waals surface area contributed by atoms with Crippen LogP contribution in [0.1, 0.15) is 161 Å². The first-order chi connectivity index (χ1) is 62.2. The number of ether oxygens (including phenoxy) is 24. The van der Waals surface area contributed by atoms with Gasteiger partial charge in [0.05, 0.1) is 48.3 Å². The zero-order chi connectivity index (χ0) is 102. The summed E-state index contributed by atoms with van der Waals surface area (Å²) in [4.78, 5) is 264. The van der Waals surface area contributed by atoms with Gasteiger partial charge in [0.15, 0.2) is 52.9 Å². The summed E-state index contributed by atoms with van der Waals surface area (Å²) in [6, 6.07) is 0. The van der Waals surface area contributed by atoms with Crippen molar-refractivity contribution in [3.8, 4) is 0 Å². The van der Waals surface area contributed by atoms with Gasteiger partial charge in [-0.15, -0.1) is 0 Å². The zero-order valence-corrected chi connectivity index (χ0v) is 76.1. The molecule has 48 heteroatoms. The molecule has 8 rings (SSSR count). The number of hydrogen-bond acceptors (Lipinski definition) is 48. The lowest BCUT2D eigenvalue weighted by Crippen LogP contribution is -2.31. The molecule has 0 aliphatic carbocycles. The molecule has 48 nitrogen and oxygen atoms in total. The smallest absolute Gasteiger partial charge is 0.347 e. The number of hydrogen-bond donors (Lipinski definition) is 0. The van der Waals surface area contributed by atoms with Gasteiger partial charge in [-0.2, -0.15) is 0 Å². The Hall–Kier alpha value is -14.8. The van der Waals surface area contributed by atoms with Crippen LogP contribution in [-0.4, -0.2) is 246 Å². The summed E-state index contributed by atoms with van der Waals surface area (Å²) in [6.07, 6.45) is -0.755. The quantitative estimate of drug-likeness (QED) is 0.0522. The van der Waals surface area contributed by atoms with Gasteiger partial charge in [-0.1, -0.05) is 94.2 Å². The Morgan fingerprint density at radius 1 is 0.306 bits per heavy atom. The fourth-order valence-corrected chi connectivity index (χ4v) is 9.50. The maximum atomic E-state index is 11.4. The molecule has 0 saturated carbocycles. The first kappa shape index (κ1) is 117. The standard InChI is InChI=1S/2C12H16O6.3C11H14O6.2C10H12O6.C9H10O6/c1-7(2)10(14)16-6-8(13)17-9-5-12(3,4)11(15)18-9;1-7(2)10(15)16-6-9(14)18-11-12(3,4)5-8(13)17-11;1-6(2)10(13)15-5-8(12)16-9-4-7(3)11(14)17-9;1-4-7(12)15-6-8(13)16-9-5-11(2,3)10(14)17-9;1-4-7(12)15-6-9(14)17-10-11(2,3)5-8(13)16-10;1-6(2)10(13)14-5-8(12)16-9-4-3-7(11)15-9;1-3-7(11)14-5-8(12)15-9-4-6(2)10(13)16-9;1-2-6(10)13-5-8(12)15-9-4-3-7(11)14-9/h9H,1,5-6H2,2-4H3;11H,1,5-6H2,2-4H3;7,9H,1,4-5H2,2-3H3;4,9H,1,5-6H2,2-3H3;4,10H,1,5-6H2,2-3H3;9H,1,3-5H2,2H3;3,6,9H,1,4-5H2,2H3;2,9H,1,3-5H2. The number of carbonyl (C=O) groups is 24. The Morgan fingerprint density at radius 2 is 0.530 bits per heavy atom. The summed E-state index contributed by atoms with van der Waals surface area (Å²) in [5, 5.41) is 0. The first-order valence-electron chi connectivity index (χ1n) is 39.8. The van der Waals surface area contributed by atoms with E-state index in [4.69, 9.17) is 61.6 Å². The Kier molecular flexibility index (Phi) is 49.6. The average Bonchev–Trinajstić information content (AvgIpc) is 2.48. The van der Waals surface area contributed by atoms with Gasteiger partial charge in [-0.05, 0) is 55.4 Å². The van der Waals surface area contributed by atoms with Crippen molar-refractivity contribution >= 4 is 143 Å².